The van der Waals surface area contributed by atoms with Crippen molar-refractivity contribution in [1.82, 2.24) is 0 Å². The van der Waals surface area contributed by atoms with Crippen molar-refractivity contribution in [2.45, 2.75) is 0 Å². The second kappa shape index (κ2) is 16.3. The van der Waals surface area contributed by atoms with Gasteiger partial charge in [-0.25, -0.2) is 0 Å². The number of hydrogen-bond donors (Lipinski definition) is 0. The molecule has 4 heteroatoms. The van der Waals surface area contributed by atoms with Crippen LogP contribution in [0, 0.1) is 90.7 Å². The molecule has 0 rings (SSSR count). The van der Waals surface area contributed by atoms with Gasteiger partial charge in [-0.05, 0) is 0 Å². The van der Waals surface area contributed by atoms with Crippen molar-refractivity contribution in [3.8, 4) is 0 Å². The van der Waals surface area contributed by atoms with Crippen LogP contribution in [0.5, 0.6) is 0 Å². The molecular formula is EuNiOPr. The Kier molecular flexibility index (Phi) is 64.0. The van der Waals surface area contributed by atoms with Crippen LogP contribution >= 0.6 is 0 Å². The molecule has 2 radical (unpaired) electrons. The minimum Gasteiger partial charge on any atom is 0 e. The third-order valence-corrected chi connectivity index (χ3v) is 0. The molecule has 26 valence electrons. The fourth-order valence-electron chi connectivity index (χ4n) is 0. The molecular weight excluding hydrogens is 368 g/mol. The zero-order chi connectivity index (χ0) is 2.00. The molecule has 0 spiro atoms. The maximum Gasteiger partial charge on any atom is 0 e. The Hall–Kier alpha value is 3.24. The molecule has 0 aromatic rings. The predicted octanol–water partition coefficient (Wildman–Crippen LogP) is -0.121. The van der Waals surface area contributed by atoms with Gasteiger partial charge in [-0.1, -0.05) is 0 Å². The Morgan fingerprint density at radius 3 is 1.25 bits per heavy atom. The molecule has 0 fully saturated rings. The van der Waals surface area contributed by atoms with E-state index in [1.54, 1.807) is 0 Å². The molecule has 0 atom stereocenters. The van der Waals surface area contributed by atoms with Crippen molar-refractivity contribution in [3.05, 3.63) is 0 Å². The summed E-state index contributed by atoms with van der Waals surface area (Å²) in [6.45, 7) is 0. The molecule has 0 saturated carbocycles. The molecule has 0 aromatic heterocycles. The van der Waals surface area contributed by atoms with E-state index in [0.717, 1.165) is 0 Å². The van der Waals surface area contributed by atoms with Gasteiger partial charge in [-0.3, -0.25) is 0 Å². The average Bonchev–Trinajstić information content (AvgIpc) is 1.00. The van der Waals surface area contributed by atoms with E-state index in [9.17, 15) is 0 Å². The molecule has 0 aliphatic rings. The van der Waals surface area contributed by atoms with Gasteiger partial charge >= 0.3 is 19.3 Å². The zero-order valence-corrected chi connectivity index (χ0v) is 8.80. The van der Waals surface area contributed by atoms with Crippen LogP contribution in [0.4, 0.5) is 0 Å². The fraction of sp³-hybridized carbons (Fsp3) is 0. The van der Waals surface area contributed by atoms with E-state index < -0.39 is 0 Å². The van der Waals surface area contributed by atoms with E-state index in [4.69, 9.17) is 3.90 Å². The summed E-state index contributed by atoms with van der Waals surface area (Å²) < 4.78 is 7.88. The second-order valence-electron chi connectivity index (χ2n) is 0. The summed E-state index contributed by atoms with van der Waals surface area (Å²) in [6, 6.07) is 0. The Labute approximate surface area is 107 Å². The van der Waals surface area contributed by atoms with Crippen molar-refractivity contribution in [2.24, 2.45) is 0 Å². The molecule has 0 saturated heterocycles. The van der Waals surface area contributed by atoms with Crippen molar-refractivity contribution in [1.29, 1.82) is 0 Å². The standard InChI is InChI=1S/Eu.Ni.O.Pr. The molecule has 0 unspecified atom stereocenters. The Morgan fingerprint density at radius 1 is 1.25 bits per heavy atom. The van der Waals surface area contributed by atoms with E-state index in [1.165, 1.54) is 0 Å². The van der Waals surface area contributed by atoms with E-state index >= 15 is 0 Å². The minimum absolute atomic E-state index is 0. The van der Waals surface area contributed by atoms with Gasteiger partial charge in [0.05, 0.1) is 0 Å². The van der Waals surface area contributed by atoms with Gasteiger partial charge in [-0.15, -0.1) is 0 Å². The van der Waals surface area contributed by atoms with Crippen molar-refractivity contribution in [3.63, 3.8) is 0 Å². The molecule has 0 aromatic carbocycles. The molecule has 0 amide bonds. The largest absolute Gasteiger partial charge is 0 e. The smallest absolute Gasteiger partial charge is 0 e. The summed E-state index contributed by atoms with van der Waals surface area (Å²) in [5.41, 5.74) is 0. The van der Waals surface area contributed by atoms with Gasteiger partial charge in [0.1, 0.15) is 0 Å². The molecule has 4 heavy (non-hydrogen) atoms. The van der Waals surface area contributed by atoms with E-state index in [-0.39, 0.29) is 90.7 Å². The maximum atomic E-state index is 7.88. The summed E-state index contributed by atoms with van der Waals surface area (Å²) in [7, 11) is 0. The van der Waals surface area contributed by atoms with E-state index in [1.807, 2.05) is 0 Å². The predicted molar refractivity (Wildman–Crippen MR) is 0.686 cm³/mol. The topological polar surface area (TPSA) is 17.1 Å². The van der Waals surface area contributed by atoms with Gasteiger partial charge < -0.3 is 0 Å². The Bertz CT molecular complexity index is 8.00. The molecule has 0 bridgehead atoms. The van der Waals surface area contributed by atoms with Gasteiger partial charge in [0.2, 0.25) is 0 Å². The van der Waals surface area contributed by atoms with Crippen LogP contribution in [-0.2, 0) is 19.3 Å². The molecule has 1 nitrogen and oxygen atoms in total. The van der Waals surface area contributed by atoms with Crippen LogP contribution in [0.15, 0.2) is 0 Å². The van der Waals surface area contributed by atoms with Crippen LogP contribution in [0.3, 0.4) is 0 Å². The van der Waals surface area contributed by atoms with Crippen molar-refractivity contribution in [2.75, 3.05) is 0 Å². The van der Waals surface area contributed by atoms with Crippen molar-refractivity contribution < 1.29 is 110 Å². The van der Waals surface area contributed by atoms with E-state index in [0.29, 0.717) is 0 Å². The number of hydrogen-bond acceptors (Lipinski definition) is 1. The molecule has 0 heterocycles. The summed E-state index contributed by atoms with van der Waals surface area (Å²) >= 11 is 2.62. The van der Waals surface area contributed by atoms with Gasteiger partial charge in [0.25, 0.3) is 0 Å². The zero-order valence-electron chi connectivity index (χ0n) is 1.68. The number of rotatable bonds is 0. The van der Waals surface area contributed by atoms with Gasteiger partial charge in [0.15, 0.2) is 0 Å². The third-order valence-electron chi connectivity index (χ3n) is 0. The minimum atomic E-state index is 0. The molecule has 0 aliphatic carbocycles. The SMILES string of the molecule is [Eu].[O]=[Ni].[Pr]. The van der Waals surface area contributed by atoms with Gasteiger partial charge in [-0.2, -0.15) is 0 Å². The third kappa shape index (κ3) is 8.97. The van der Waals surface area contributed by atoms with Crippen LogP contribution < -0.4 is 0 Å². The van der Waals surface area contributed by atoms with Crippen LogP contribution in [-0.4, -0.2) is 0 Å². The van der Waals surface area contributed by atoms with Crippen LogP contribution in [0.25, 0.3) is 0 Å². The molecule has 0 N–H and O–H groups in total. The first-order chi connectivity index (χ1) is 1.00. The monoisotopic (exact) mass is 368 g/mol. The fourth-order valence-corrected chi connectivity index (χ4v) is 0. The molecule has 0 aliphatic heterocycles. The summed E-state index contributed by atoms with van der Waals surface area (Å²) in [4.78, 5) is 0. The maximum absolute atomic E-state index is 7.88. The normalized spacial score (nSPS) is 1.50. The summed E-state index contributed by atoms with van der Waals surface area (Å²) in [5, 5.41) is 0. The summed E-state index contributed by atoms with van der Waals surface area (Å²) in [5.74, 6) is 0. The first-order valence-corrected chi connectivity index (χ1v) is 0.532. The Morgan fingerprint density at radius 2 is 1.25 bits per heavy atom. The summed E-state index contributed by atoms with van der Waals surface area (Å²) in [6.07, 6.45) is 0. The quantitative estimate of drug-likeness (QED) is 0.546. The second-order valence-corrected chi connectivity index (χ2v) is 0. The first kappa shape index (κ1) is 15.7. The van der Waals surface area contributed by atoms with Crippen molar-refractivity contribution >= 4 is 0 Å². The average molecular weight is 368 g/mol. The van der Waals surface area contributed by atoms with Crippen LogP contribution in [0.1, 0.15) is 0 Å². The Balaban J connectivity index is -0.00000000500. The van der Waals surface area contributed by atoms with Gasteiger partial charge in [0, 0.05) is 90.7 Å². The first-order valence-electron chi connectivity index (χ1n) is 0.129. The van der Waals surface area contributed by atoms with E-state index in [2.05, 4.69) is 15.4 Å². The van der Waals surface area contributed by atoms with Crippen LogP contribution in [0.2, 0.25) is 0 Å².